The molecule has 1 aliphatic rings. The highest BCUT2D eigenvalue weighted by molar-refractivity contribution is 5.12. The summed E-state index contributed by atoms with van der Waals surface area (Å²) >= 11 is 0. The zero-order valence-corrected chi connectivity index (χ0v) is 9.34. The largest absolute Gasteiger partial charge is 0.501 e. The van der Waals surface area contributed by atoms with Gasteiger partial charge in [-0.1, -0.05) is 32.9 Å². The van der Waals surface area contributed by atoms with Gasteiger partial charge in [0.25, 0.3) is 0 Å². The van der Waals surface area contributed by atoms with Crippen LogP contribution >= 0.6 is 0 Å². The van der Waals surface area contributed by atoms with Crippen LogP contribution in [0.25, 0.3) is 0 Å². The highest BCUT2D eigenvalue weighted by Gasteiger charge is 2.06. The van der Waals surface area contributed by atoms with Crippen molar-refractivity contribution in [3.05, 3.63) is 24.0 Å². The van der Waals surface area contributed by atoms with Gasteiger partial charge >= 0.3 is 0 Å². The number of allylic oxidation sites excluding steroid dienone is 4. The van der Waals surface area contributed by atoms with Crippen molar-refractivity contribution in [1.82, 2.24) is 0 Å². The lowest BCUT2D eigenvalue weighted by atomic mass is 10.0. The van der Waals surface area contributed by atoms with E-state index in [0.717, 1.165) is 18.1 Å². The fourth-order valence-electron chi connectivity index (χ4n) is 1.34. The van der Waals surface area contributed by atoms with E-state index in [4.69, 9.17) is 4.74 Å². The molecule has 1 unspecified atom stereocenters. The molecular formula is C12H22O. The number of rotatable bonds is 2. The fraction of sp³-hybridized carbons (Fsp3) is 0.667. The summed E-state index contributed by atoms with van der Waals surface area (Å²) < 4.78 is 5.17. The van der Waals surface area contributed by atoms with E-state index in [0.29, 0.717) is 0 Å². The second-order valence-corrected chi connectivity index (χ2v) is 2.93. The summed E-state index contributed by atoms with van der Waals surface area (Å²) in [5.74, 6) is 1.86. The van der Waals surface area contributed by atoms with Crippen LogP contribution in [-0.2, 0) is 4.74 Å². The van der Waals surface area contributed by atoms with E-state index in [1.54, 1.807) is 7.11 Å². The predicted molar refractivity (Wildman–Crippen MR) is 58.6 cm³/mol. The van der Waals surface area contributed by atoms with E-state index >= 15 is 0 Å². The van der Waals surface area contributed by atoms with Crippen molar-refractivity contribution < 1.29 is 4.74 Å². The summed E-state index contributed by atoms with van der Waals surface area (Å²) in [7, 11) is 1.74. The lowest BCUT2D eigenvalue weighted by molar-refractivity contribution is 0.272. The van der Waals surface area contributed by atoms with Gasteiger partial charge < -0.3 is 4.74 Å². The summed E-state index contributed by atoms with van der Waals surface area (Å²) in [6, 6.07) is 0. The van der Waals surface area contributed by atoms with Crippen molar-refractivity contribution in [2.75, 3.05) is 7.11 Å². The first-order valence-corrected chi connectivity index (χ1v) is 5.28. The molecule has 1 nitrogen and oxygen atoms in total. The highest BCUT2D eigenvalue weighted by Crippen LogP contribution is 2.20. The molecule has 0 aromatic heterocycles. The minimum Gasteiger partial charge on any atom is -0.501 e. The van der Waals surface area contributed by atoms with Gasteiger partial charge in [-0.3, -0.25) is 0 Å². The number of hydrogen-bond acceptors (Lipinski definition) is 1. The Kier molecular flexibility index (Phi) is 7.47. The molecule has 0 N–H and O–H groups in total. The molecule has 0 fully saturated rings. The number of hydrogen-bond donors (Lipinski definition) is 0. The molecule has 0 heterocycles. The van der Waals surface area contributed by atoms with Crippen LogP contribution < -0.4 is 0 Å². The highest BCUT2D eigenvalue weighted by atomic mass is 16.5. The molecule has 1 rings (SSSR count). The van der Waals surface area contributed by atoms with Crippen LogP contribution in [0.4, 0.5) is 0 Å². The summed E-state index contributed by atoms with van der Waals surface area (Å²) in [5.41, 5.74) is 0. The quantitative estimate of drug-likeness (QED) is 0.629. The molecular weight excluding hydrogens is 160 g/mol. The van der Waals surface area contributed by atoms with E-state index in [1.807, 2.05) is 13.8 Å². The molecule has 1 aliphatic carbocycles. The van der Waals surface area contributed by atoms with Crippen molar-refractivity contribution in [2.45, 2.75) is 40.0 Å². The topological polar surface area (TPSA) is 9.23 Å². The van der Waals surface area contributed by atoms with Gasteiger partial charge in [-0.25, -0.2) is 0 Å². The average molecular weight is 182 g/mol. The van der Waals surface area contributed by atoms with Crippen molar-refractivity contribution in [3.8, 4) is 0 Å². The van der Waals surface area contributed by atoms with Crippen molar-refractivity contribution >= 4 is 0 Å². The third kappa shape index (κ3) is 4.76. The van der Waals surface area contributed by atoms with Gasteiger partial charge in [-0.05, 0) is 24.8 Å². The fourth-order valence-corrected chi connectivity index (χ4v) is 1.34. The van der Waals surface area contributed by atoms with Gasteiger partial charge in [0.05, 0.1) is 12.9 Å². The maximum absolute atomic E-state index is 5.17. The van der Waals surface area contributed by atoms with Gasteiger partial charge in [0.1, 0.15) is 0 Å². The molecule has 0 spiro atoms. The van der Waals surface area contributed by atoms with Crippen LogP contribution in [0.15, 0.2) is 24.0 Å². The van der Waals surface area contributed by atoms with Gasteiger partial charge in [-0.15, -0.1) is 0 Å². The van der Waals surface area contributed by atoms with Crippen LogP contribution in [0.2, 0.25) is 0 Å². The van der Waals surface area contributed by atoms with Gasteiger partial charge in [0, 0.05) is 6.42 Å². The Morgan fingerprint density at radius 1 is 1.46 bits per heavy atom. The lowest BCUT2D eigenvalue weighted by Gasteiger charge is -2.07. The van der Waals surface area contributed by atoms with Crippen LogP contribution in [0.5, 0.6) is 0 Å². The molecule has 0 aromatic rings. The minimum atomic E-state index is 0.749. The molecule has 0 aliphatic heterocycles. The third-order valence-corrected chi connectivity index (χ3v) is 2.21. The standard InChI is InChI=1S/C10H16O.C2H6/c1-3-9-5-4-6-10(11-2)8-7-9;1-2/h4-6,9H,3,7-8H2,1-2H3;1-2H3. The summed E-state index contributed by atoms with van der Waals surface area (Å²) in [4.78, 5) is 0. The Morgan fingerprint density at radius 2 is 2.15 bits per heavy atom. The first-order valence-electron chi connectivity index (χ1n) is 5.28. The van der Waals surface area contributed by atoms with E-state index in [9.17, 15) is 0 Å². The minimum absolute atomic E-state index is 0.749. The maximum Gasteiger partial charge on any atom is 0.0955 e. The Hall–Kier alpha value is -0.720. The molecule has 13 heavy (non-hydrogen) atoms. The average Bonchev–Trinajstić information content (AvgIpc) is 2.45. The van der Waals surface area contributed by atoms with Gasteiger partial charge in [-0.2, -0.15) is 0 Å². The molecule has 0 aromatic carbocycles. The zero-order chi connectivity index (χ0) is 10.1. The molecule has 1 heteroatoms. The van der Waals surface area contributed by atoms with Crippen LogP contribution in [0, 0.1) is 5.92 Å². The molecule has 0 amide bonds. The summed E-state index contributed by atoms with van der Waals surface area (Å²) in [6.45, 7) is 6.23. The number of methoxy groups -OCH3 is 1. The predicted octanol–water partition coefficient (Wildman–Crippen LogP) is 3.92. The molecule has 1 atom stereocenters. The third-order valence-electron chi connectivity index (χ3n) is 2.21. The van der Waals surface area contributed by atoms with Crippen molar-refractivity contribution in [3.63, 3.8) is 0 Å². The number of ether oxygens (including phenoxy) is 1. The maximum atomic E-state index is 5.17. The normalized spacial score (nSPS) is 20.9. The van der Waals surface area contributed by atoms with Crippen LogP contribution in [-0.4, -0.2) is 7.11 Å². The molecule has 0 saturated carbocycles. The Labute approximate surface area is 82.5 Å². The first-order chi connectivity index (χ1) is 6.36. The van der Waals surface area contributed by atoms with Crippen molar-refractivity contribution in [2.24, 2.45) is 5.92 Å². The van der Waals surface area contributed by atoms with E-state index in [1.165, 1.54) is 12.8 Å². The smallest absolute Gasteiger partial charge is 0.0955 e. The monoisotopic (exact) mass is 182 g/mol. The Balaban J connectivity index is 0.000000671. The van der Waals surface area contributed by atoms with Gasteiger partial charge in [0.15, 0.2) is 0 Å². The van der Waals surface area contributed by atoms with Gasteiger partial charge in [0.2, 0.25) is 0 Å². The second kappa shape index (κ2) is 7.90. The summed E-state index contributed by atoms with van der Waals surface area (Å²) in [5, 5.41) is 0. The molecule has 76 valence electrons. The van der Waals surface area contributed by atoms with Crippen LogP contribution in [0.1, 0.15) is 40.0 Å². The zero-order valence-electron chi connectivity index (χ0n) is 9.34. The Bertz CT molecular complexity index is 168. The second-order valence-electron chi connectivity index (χ2n) is 2.93. The van der Waals surface area contributed by atoms with E-state index < -0.39 is 0 Å². The van der Waals surface area contributed by atoms with Crippen molar-refractivity contribution in [1.29, 1.82) is 0 Å². The molecule has 0 bridgehead atoms. The Morgan fingerprint density at radius 3 is 2.69 bits per heavy atom. The molecule has 0 radical (unpaired) electrons. The van der Waals surface area contributed by atoms with Crippen LogP contribution in [0.3, 0.4) is 0 Å². The van der Waals surface area contributed by atoms with E-state index in [-0.39, 0.29) is 0 Å². The summed E-state index contributed by atoms with van der Waals surface area (Å²) in [6.07, 6.45) is 10.00. The van der Waals surface area contributed by atoms with E-state index in [2.05, 4.69) is 25.2 Å². The SMILES string of the molecule is CC.CCC1C=CC=C(OC)CC1. The first kappa shape index (κ1) is 12.3. The lowest BCUT2D eigenvalue weighted by Crippen LogP contribution is -1.94. The molecule has 0 saturated heterocycles.